The number of nitrogens with one attached hydrogen (secondary N) is 3. The Hall–Kier alpha value is -3.42. The van der Waals surface area contributed by atoms with Crippen LogP contribution < -0.4 is 16.0 Å². The van der Waals surface area contributed by atoms with Crippen LogP contribution in [0.5, 0.6) is 0 Å². The maximum absolute atomic E-state index is 14.5. The van der Waals surface area contributed by atoms with Crippen LogP contribution in [0.2, 0.25) is 0 Å². The third-order valence-electron chi connectivity index (χ3n) is 5.40. The molecular formula is C21H21FN4O3. The molecule has 150 valence electrons. The molecule has 2 heterocycles. The molecule has 7 nitrogen and oxygen atoms in total. The zero-order valence-electron chi connectivity index (χ0n) is 15.9. The Kier molecular flexibility index (Phi) is 4.92. The number of fused-ring (bicyclic) bond motifs is 1. The molecule has 0 saturated carbocycles. The molecule has 8 heteroatoms. The smallest absolute Gasteiger partial charge is 0.255 e. The lowest BCUT2D eigenvalue weighted by molar-refractivity contribution is -0.136. The highest BCUT2D eigenvalue weighted by atomic mass is 19.1. The molecule has 3 amide bonds. The Labute approximate surface area is 167 Å². The van der Waals surface area contributed by atoms with Crippen molar-refractivity contribution in [1.82, 2.24) is 10.2 Å². The highest BCUT2D eigenvalue weighted by Crippen LogP contribution is 2.32. The van der Waals surface area contributed by atoms with Crippen LogP contribution >= 0.6 is 0 Å². The molecule has 0 spiro atoms. The van der Waals surface area contributed by atoms with Gasteiger partial charge in [0.05, 0.1) is 5.69 Å². The van der Waals surface area contributed by atoms with Crippen LogP contribution in [0, 0.1) is 5.82 Å². The molecule has 0 aliphatic carbocycles. The fraction of sp³-hybridized carbons (Fsp3) is 0.286. The van der Waals surface area contributed by atoms with Crippen molar-refractivity contribution in [2.24, 2.45) is 0 Å². The predicted molar refractivity (Wildman–Crippen MR) is 106 cm³/mol. The first-order valence-corrected chi connectivity index (χ1v) is 9.45. The number of amides is 3. The summed E-state index contributed by atoms with van der Waals surface area (Å²) in [6.45, 7) is 0.521. The number of piperidine rings is 1. The minimum atomic E-state index is -0.662. The average Bonchev–Trinajstić information content (AvgIpc) is 3.04. The molecule has 0 bridgehead atoms. The lowest BCUT2D eigenvalue weighted by Gasteiger charge is -2.29. The van der Waals surface area contributed by atoms with Crippen molar-refractivity contribution in [2.45, 2.75) is 32.0 Å². The monoisotopic (exact) mass is 396 g/mol. The summed E-state index contributed by atoms with van der Waals surface area (Å²) in [4.78, 5) is 37.9. The number of imide groups is 1. The zero-order chi connectivity index (χ0) is 20.5. The third kappa shape index (κ3) is 3.41. The van der Waals surface area contributed by atoms with Gasteiger partial charge < -0.3 is 15.5 Å². The summed E-state index contributed by atoms with van der Waals surface area (Å²) in [6.07, 6.45) is 0.526. The van der Waals surface area contributed by atoms with Crippen molar-refractivity contribution in [1.29, 1.82) is 0 Å². The summed E-state index contributed by atoms with van der Waals surface area (Å²) in [5.41, 5.74) is 2.93. The molecule has 2 aliphatic rings. The summed E-state index contributed by atoms with van der Waals surface area (Å²) in [7, 11) is 1.66. The Morgan fingerprint density at radius 1 is 1.14 bits per heavy atom. The van der Waals surface area contributed by atoms with Gasteiger partial charge in [-0.2, -0.15) is 0 Å². The van der Waals surface area contributed by atoms with Gasteiger partial charge in [0, 0.05) is 48.9 Å². The van der Waals surface area contributed by atoms with Gasteiger partial charge in [0.15, 0.2) is 5.82 Å². The molecule has 2 aromatic carbocycles. The first-order valence-electron chi connectivity index (χ1n) is 9.45. The molecule has 2 aromatic rings. The van der Waals surface area contributed by atoms with Crippen LogP contribution in [0.3, 0.4) is 0 Å². The third-order valence-corrected chi connectivity index (χ3v) is 5.40. The molecule has 2 aliphatic heterocycles. The SMILES string of the molecule is CNc1cccc(CNc2cccc3c2CN([C@@H]2CCC(=O)NC2=O)C3=O)c1F. The number of carbonyl (C=O) groups excluding carboxylic acids is 3. The van der Waals surface area contributed by atoms with Crippen molar-refractivity contribution in [3.05, 3.63) is 58.9 Å². The maximum atomic E-state index is 14.5. The van der Waals surface area contributed by atoms with E-state index in [4.69, 9.17) is 0 Å². The van der Waals surface area contributed by atoms with E-state index in [2.05, 4.69) is 16.0 Å². The quantitative estimate of drug-likeness (QED) is 0.675. The van der Waals surface area contributed by atoms with E-state index in [1.165, 1.54) is 4.90 Å². The predicted octanol–water partition coefficient (Wildman–Crippen LogP) is 2.24. The van der Waals surface area contributed by atoms with E-state index in [0.29, 0.717) is 23.2 Å². The van der Waals surface area contributed by atoms with Crippen molar-refractivity contribution >= 4 is 29.1 Å². The Bertz CT molecular complexity index is 1010. The van der Waals surface area contributed by atoms with Crippen LogP contribution in [-0.2, 0) is 22.7 Å². The molecule has 4 rings (SSSR count). The number of hydrogen-bond acceptors (Lipinski definition) is 5. The standard InChI is InChI=1S/C21H21FN4O3/c1-23-16-7-2-4-12(19(16)22)10-24-15-6-3-5-13-14(15)11-26(21(13)29)17-8-9-18(27)25-20(17)28/h2-7,17,23-24H,8-11H2,1H3,(H,25,27,28)/t17-/m1/s1. The molecule has 0 unspecified atom stereocenters. The minimum absolute atomic E-state index is 0.211. The van der Waals surface area contributed by atoms with Gasteiger partial charge in [0.25, 0.3) is 5.91 Å². The Morgan fingerprint density at radius 2 is 1.90 bits per heavy atom. The molecular weight excluding hydrogens is 375 g/mol. The molecule has 3 N–H and O–H groups in total. The minimum Gasteiger partial charge on any atom is -0.386 e. The number of rotatable bonds is 5. The van der Waals surface area contributed by atoms with Gasteiger partial charge in [-0.15, -0.1) is 0 Å². The van der Waals surface area contributed by atoms with E-state index in [1.807, 2.05) is 6.07 Å². The van der Waals surface area contributed by atoms with E-state index in [-0.39, 0.29) is 37.1 Å². The van der Waals surface area contributed by atoms with Crippen molar-refractivity contribution in [3.8, 4) is 0 Å². The summed E-state index contributed by atoms with van der Waals surface area (Å²) in [5, 5.41) is 8.33. The summed E-state index contributed by atoms with van der Waals surface area (Å²) in [5.74, 6) is -1.32. The van der Waals surface area contributed by atoms with Gasteiger partial charge in [-0.25, -0.2) is 4.39 Å². The first-order chi connectivity index (χ1) is 14.0. The zero-order valence-corrected chi connectivity index (χ0v) is 15.9. The van der Waals surface area contributed by atoms with Gasteiger partial charge in [-0.05, 0) is 24.6 Å². The van der Waals surface area contributed by atoms with Crippen LogP contribution in [0.15, 0.2) is 36.4 Å². The van der Waals surface area contributed by atoms with Crippen molar-refractivity contribution in [2.75, 3.05) is 17.7 Å². The molecule has 1 saturated heterocycles. The molecule has 0 radical (unpaired) electrons. The number of benzene rings is 2. The van der Waals surface area contributed by atoms with E-state index >= 15 is 0 Å². The van der Waals surface area contributed by atoms with Crippen LogP contribution in [0.4, 0.5) is 15.8 Å². The number of hydrogen-bond donors (Lipinski definition) is 3. The van der Waals surface area contributed by atoms with E-state index in [1.54, 1.807) is 37.4 Å². The molecule has 0 aromatic heterocycles. The van der Waals surface area contributed by atoms with E-state index < -0.39 is 11.9 Å². The van der Waals surface area contributed by atoms with E-state index in [9.17, 15) is 18.8 Å². The molecule has 1 fully saturated rings. The summed E-state index contributed by atoms with van der Waals surface area (Å²) >= 11 is 0. The van der Waals surface area contributed by atoms with Crippen LogP contribution in [0.1, 0.15) is 34.3 Å². The molecule has 29 heavy (non-hydrogen) atoms. The maximum Gasteiger partial charge on any atom is 0.255 e. The molecule has 1 atom stereocenters. The average molecular weight is 396 g/mol. The Balaban J connectivity index is 1.54. The lowest BCUT2D eigenvalue weighted by atomic mass is 10.0. The second-order valence-electron chi connectivity index (χ2n) is 7.11. The number of anilines is 2. The highest BCUT2D eigenvalue weighted by molar-refractivity contribution is 6.06. The Morgan fingerprint density at radius 3 is 2.66 bits per heavy atom. The van der Waals surface area contributed by atoms with E-state index in [0.717, 1.165) is 11.3 Å². The largest absolute Gasteiger partial charge is 0.386 e. The van der Waals surface area contributed by atoms with Crippen LogP contribution in [0.25, 0.3) is 0 Å². The fourth-order valence-electron chi connectivity index (χ4n) is 3.85. The van der Waals surface area contributed by atoms with Gasteiger partial charge in [-0.1, -0.05) is 18.2 Å². The van der Waals surface area contributed by atoms with Gasteiger partial charge >= 0.3 is 0 Å². The van der Waals surface area contributed by atoms with Crippen molar-refractivity contribution < 1.29 is 18.8 Å². The number of nitrogens with zero attached hydrogens (tertiary/aromatic N) is 1. The fourth-order valence-corrected chi connectivity index (χ4v) is 3.85. The van der Waals surface area contributed by atoms with Gasteiger partial charge in [0.2, 0.25) is 11.8 Å². The number of halogens is 1. The van der Waals surface area contributed by atoms with Crippen LogP contribution in [-0.4, -0.2) is 35.7 Å². The second-order valence-corrected chi connectivity index (χ2v) is 7.11. The van der Waals surface area contributed by atoms with Crippen molar-refractivity contribution in [3.63, 3.8) is 0 Å². The van der Waals surface area contributed by atoms with Gasteiger partial charge in [0.1, 0.15) is 6.04 Å². The first kappa shape index (κ1) is 18.9. The highest BCUT2D eigenvalue weighted by Gasteiger charge is 2.39. The summed E-state index contributed by atoms with van der Waals surface area (Å²) in [6, 6.07) is 9.79. The second kappa shape index (κ2) is 7.54. The normalized spacial score (nSPS) is 18.5. The lowest BCUT2D eigenvalue weighted by Crippen LogP contribution is -2.52. The van der Waals surface area contributed by atoms with Gasteiger partial charge in [-0.3, -0.25) is 19.7 Å². The number of carbonyl (C=O) groups is 3. The summed E-state index contributed by atoms with van der Waals surface area (Å²) < 4.78 is 14.5. The topological polar surface area (TPSA) is 90.5 Å².